The molecule has 0 aliphatic carbocycles. The molecular formula is C21H15IN2O2. The van der Waals surface area contributed by atoms with Crippen molar-refractivity contribution in [3.8, 4) is 5.69 Å². The van der Waals surface area contributed by atoms with Crippen LogP contribution in [0, 0.1) is 10.5 Å². The smallest absolute Gasteiger partial charge is 0.266 e. The maximum atomic E-state index is 13.2. The number of aromatic nitrogens is 2. The molecule has 0 atom stereocenters. The molecule has 0 aliphatic rings. The lowest BCUT2D eigenvalue weighted by Gasteiger charge is -2.12. The van der Waals surface area contributed by atoms with Gasteiger partial charge in [-0.2, -0.15) is 0 Å². The van der Waals surface area contributed by atoms with Crippen LogP contribution in [0.5, 0.6) is 0 Å². The first-order chi connectivity index (χ1) is 12.6. The molecule has 0 saturated heterocycles. The summed E-state index contributed by atoms with van der Waals surface area (Å²) in [5.41, 5.74) is 2.51. The second-order valence-corrected chi connectivity index (χ2v) is 7.20. The van der Waals surface area contributed by atoms with Crippen LogP contribution in [-0.4, -0.2) is 9.55 Å². The normalized spacial score (nSPS) is 11.5. The predicted octanol–water partition coefficient (Wildman–Crippen LogP) is 5.06. The minimum Gasteiger partial charge on any atom is -0.465 e. The van der Waals surface area contributed by atoms with Crippen LogP contribution < -0.4 is 5.56 Å². The molecule has 26 heavy (non-hydrogen) atoms. The van der Waals surface area contributed by atoms with E-state index in [0.717, 1.165) is 14.8 Å². The summed E-state index contributed by atoms with van der Waals surface area (Å²) in [6.45, 7) is 2.02. The highest BCUT2D eigenvalue weighted by atomic mass is 127. The van der Waals surface area contributed by atoms with E-state index in [4.69, 9.17) is 9.40 Å². The van der Waals surface area contributed by atoms with Crippen molar-refractivity contribution >= 4 is 45.6 Å². The Balaban J connectivity index is 1.98. The van der Waals surface area contributed by atoms with E-state index >= 15 is 0 Å². The molecule has 2 heterocycles. The highest BCUT2D eigenvalue weighted by Crippen LogP contribution is 2.18. The van der Waals surface area contributed by atoms with Crippen molar-refractivity contribution in [1.29, 1.82) is 0 Å². The number of fused-ring (bicyclic) bond motifs is 1. The van der Waals surface area contributed by atoms with E-state index in [1.165, 1.54) is 0 Å². The predicted molar refractivity (Wildman–Crippen MR) is 112 cm³/mol. The second kappa shape index (κ2) is 6.92. The highest BCUT2D eigenvalue weighted by Gasteiger charge is 2.11. The number of hydrogen-bond acceptors (Lipinski definition) is 3. The highest BCUT2D eigenvalue weighted by molar-refractivity contribution is 14.1. The molecule has 2 aromatic carbocycles. The van der Waals surface area contributed by atoms with Crippen molar-refractivity contribution in [2.75, 3.05) is 0 Å². The number of aryl methyl sites for hydroxylation is 1. The first kappa shape index (κ1) is 16.8. The minimum absolute atomic E-state index is 0.0866. The van der Waals surface area contributed by atoms with Gasteiger partial charge in [0.1, 0.15) is 11.6 Å². The molecule has 0 unspecified atom stereocenters. The van der Waals surface area contributed by atoms with Crippen molar-refractivity contribution in [3.63, 3.8) is 0 Å². The molecule has 4 nitrogen and oxygen atoms in total. The van der Waals surface area contributed by atoms with Crippen molar-refractivity contribution in [3.05, 3.63) is 91.9 Å². The number of halogens is 1. The summed E-state index contributed by atoms with van der Waals surface area (Å²) in [6, 6.07) is 17.2. The van der Waals surface area contributed by atoms with Gasteiger partial charge < -0.3 is 4.42 Å². The third-order valence-electron chi connectivity index (χ3n) is 4.09. The van der Waals surface area contributed by atoms with Crippen LogP contribution in [-0.2, 0) is 0 Å². The number of hydrogen-bond donors (Lipinski definition) is 0. The second-order valence-electron chi connectivity index (χ2n) is 5.96. The summed E-state index contributed by atoms with van der Waals surface area (Å²) in [5, 5.41) is 0.604. The fourth-order valence-corrected chi connectivity index (χ4v) is 3.26. The van der Waals surface area contributed by atoms with E-state index in [1.54, 1.807) is 16.9 Å². The zero-order valence-electron chi connectivity index (χ0n) is 14.0. The van der Waals surface area contributed by atoms with E-state index < -0.39 is 0 Å². The molecule has 0 fully saturated rings. The summed E-state index contributed by atoms with van der Waals surface area (Å²) in [6.07, 6.45) is 5.23. The summed E-state index contributed by atoms with van der Waals surface area (Å²) in [4.78, 5) is 17.9. The first-order valence-corrected chi connectivity index (χ1v) is 9.21. The van der Waals surface area contributed by atoms with Gasteiger partial charge in [-0.1, -0.05) is 17.7 Å². The molecule has 4 rings (SSSR count). The van der Waals surface area contributed by atoms with Gasteiger partial charge >= 0.3 is 0 Å². The van der Waals surface area contributed by atoms with E-state index in [-0.39, 0.29) is 5.56 Å². The maximum absolute atomic E-state index is 13.2. The van der Waals surface area contributed by atoms with Crippen molar-refractivity contribution < 1.29 is 4.42 Å². The molecular weight excluding hydrogens is 439 g/mol. The van der Waals surface area contributed by atoms with Gasteiger partial charge in [0, 0.05) is 3.57 Å². The van der Waals surface area contributed by atoms with Crippen LogP contribution >= 0.6 is 22.6 Å². The van der Waals surface area contributed by atoms with E-state index in [1.807, 2.05) is 67.6 Å². The summed E-state index contributed by atoms with van der Waals surface area (Å²) < 4.78 is 7.99. The van der Waals surface area contributed by atoms with Gasteiger partial charge in [0.15, 0.2) is 0 Å². The molecule has 0 bridgehead atoms. The molecule has 5 heteroatoms. The lowest BCUT2D eigenvalue weighted by atomic mass is 10.2. The standard InChI is InChI=1S/C21H15IN2O2/c1-14-4-7-16(8-5-14)24-20(11-9-17-3-2-12-26-17)23-19-10-6-15(22)13-18(19)21(24)25/h2-13H,1H3/b11-9+. The molecule has 0 saturated carbocycles. The van der Waals surface area contributed by atoms with Crippen LogP contribution in [0.25, 0.3) is 28.7 Å². The maximum Gasteiger partial charge on any atom is 0.266 e. The quantitative estimate of drug-likeness (QED) is 0.407. The van der Waals surface area contributed by atoms with Gasteiger partial charge in [0.2, 0.25) is 0 Å². The fraction of sp³-hybridized carbons (Fsp3) is 0.0476. The van der Waals surface area contributed by atoms with Crippen LogP contribution in [0.2, 0.25) is 0 Å². The Morgan fingerprint density at radius 2 is 1.88 bits per heavy atom. The average molecular weight is 454 g/mol. The summed E-state index contributed by atoms with van der Waals surface area (Å²) >= 11 is 2.21. The van der Waals surface area contributed by atoms with E-state index in [9.17, 15) is 4.79 Å². The monoisotopic (exact) mass is 454 g/mol. The van der Waals surface area contributed by atoms with Crippen molar-refractivity contribution in [2.24, 2.45) is 0 Å². The lowest BCUT2D eigenvalue weighted by molar-refractivity contribution is 0.557. The molecule has 0 N–H and O–H groups in total. The molecule has 2 aromatic heterocycles. The third-order valence-corrected chi connectivity index (χ3v) is 4.76. The van der Waals surface area contributed by atoms with Crippen molar-refractivity contribution in [1.82, 2.24) is 9.55 Å². The minimum atomic E-state index is -0.0866. The SMILES string of the molecule is Cc1ccc(-n2c(/C=C/c3ccco3)nc3ccc(I)cc3c2=O)cc1. The number of furan rings is 1. The number of nitrogens with zero attached hydrogens (tertiary/aromatic N) is 2. The Morgan fingerprint density at radius 1 is 1.08 bits per heavy atom. The van der Waals surface area contributed by atoms with Gasteiger partial charge in [0.25, 0.3) is 5.56 Å². The Bertz CT molecular complexity index is 1160. The first-order valence-electron chi connectivity index (χ1n) is 8.13. The van der Waals surface area contributed by atoms with E-state index in [0.29, 0.717) is 22.5 Å². The molecule has 0 amide bonds. The molecule has 0 spiro atoms. The van der Waals surface area contributed by atoms with Crippen LogP contribution in [0.3, 0.4) is 0 Å². The number of benzene rings is 2. The Morgan fingerprint density at radius 3 is 2.62 bits per heavy atom. The average Bonchev–Trinajstić information content (AvgIpc) is 3.15. The zero-order valence-corrected chi connectivity index (χ0v) is 16.2. The van der Waals surface area contributed by atoms with Crippen LogP contribution in [0.4, 0.5) is 0 Å². The largest absolute Gasteiger partial charge is 0.465 e. The Hall–Kier alpha value is -2.67. The van der Waals surface area contributed by atoms with Crippen LogP contribution in [0.1, 0.15) is 17.1 Å². The lowest BCUT2D eigenvalue weighted by Crippen LogP contribution is -2.22. The van der Waals surface area contributed by atoms with Gasteiger partial charge in [-0.15, -0.1) is 0 Å². The fourth-order valence-electron chi connectivity index (χ4n) is 2.77. The third kappa shape index (κ3) is 3.22. The van der Waals surface area contributed by atoms with Gasteiger partial charge in [-0.25, -0.2) is 4.98 Å². The molecule has 0 radical (unpaired) electrons. The van der Waals surface area contributed by atoms with Gasteiger partial charge in [-0.3, -0.25) is 9.36 Å². The molecule has 0 aliphatic heterocycles. The van der Waals surface area contributed by atoms with E-state index in [2.05, 4.69) is 22.6 Å². The van der Waals surface area contributed by atoms with Crippen molar-refractivity contribution in [2.45, 2.75) is 6.92 Å². The summed E-state index contributed by atoms with van der Waals surface area (Å²) in [5.74, 6) is 1.27. The topological polar surface area (TPSA) is 48.0 Å². The van der Waals surface area contributed by atoms with Gasteiger partial charge in [-0.05, 0) is 84.1 Å². The Kier molecular flexibility index (Phi) is 4.46. The Labute approximate surface area is 163 Å². The summed E-state index contributed by atoms with van der Waals surface area (Å²) in [7, 11) is 0. The molecule has 128 valence electrons. The zero-order chi connectivity index (χ0) is 18.1. The van der Waals surface area contributed by atoms with Crippen LogP contribution in [0.15, 0.2) is 70.1 Å². The van der Waals surface area contributed by atoms with Gasteiger partial charge in [0.05, 0.1) is 22.9 Å². The number of rotatable bonds is 3. The molecule has 4 aromatic rings.